The van der Waals surface area contributed by atoms with Crippen LogP contribution in [0.15, 0.2) is 41.2 Å². The lowest BCUT2D eigenvalue weighted by Crippen LogP contribution is -2.27. The quantitative estimate of drug-likeness (QED) is 0.841. The molecule has 0 saturated carbocycles. The molecular weight excluding hydrogens is 296 g/mol. The molecule has 0 amide bonds. The SMILES string of the molecule is COc1cc2n(c(=O)n1)COC(COCc1ccccc1)CC2. The van der Waals surface area contributed by atoms with Gasteiger partial charge in [-0.2, -0.15) is 4.98 Å². The number of methoxy groups -OCH3 is 1. The van der Waals surface area contributed by atoms with E-state index < -0.39 is 0 Å². The minimum Gasteiger partial charge on any atom is -0.481 e. The Morgan fingerprint density at radius 2 is 2.17 bits per heavy atom. The molecule has 3 rings (SSSR count). The van der Waals surface area contributed by atoms with Crippen molar-refractivity contribution >= 4 is 0 Å². The average molecular weight is 316 g/mol. The van der Waals surface area contributed by atoms with Gasteiger partial charge in [-0.3, -0.25) is 4.57 Å². The van der Waals surface area contributed by atoms with E-state index in [1.807, 2.05) is 30.3 Å². The fraction of sp³-hybridized carbons (Fsp3) is 0.412. The van der Waals surface area contributed by atoms with Crippen molar-refractivity contribution in [3.8, 4) is 5.88 Å². The average Bonchev–Trinajstić information content (AvgIpc) is 2.79. The molecule has 0 radical (unpaired) electrons. The van der Waals surface area contributed by atoms with Gasteiger partial charge >= 0.3 is 5.69 Å². The predicted octanol–water partition coefficient (Wildman–Crippen LogP) is 1.76. The van der Waals surface area contributed by atoms with Crippen molar-refractivity contribution in [3.63, 3.8) is 0 Å². The zero-order valence-electron chi connectivity index (χ0n) is 13.1. The van der Waals surface area contributed by atoms with E-state index in [-0.39, 0.29) is 18.5 Å². The minimum atomic E-state index is -0.342. The van der Waals surface area contributed by atoms with Crippen LogP contribution in [0.1, 0.15) is 17.7 Å². The Kier molecular flexibility index (Phi) is 5.05. The number of fused-ring (bicyclic) bond motifs is 1. The maximum Gasteiger partial charge on any atom is 0.352 e. The molecule has 1 unspecified atom stereocenters. The van der Waals surface area contributed by atoms with Gasteiger partial charge in [0.1, 0.15) is 6.73 Å². The molecule has 0 bridgehead atoms. The summed E-state index contributed by atoms with van der Waals surface area (Å²) in [5, 5.41) is 0. The molecule has 0 saturated heterocycles. The zero-order valence-corrected chi connectivity index (χ0v) is 13.1. The van der Waals surface area contributed by atoms with Crippen molar-refractivity contribution in [1.82, 2.24) is 9.55 Å². The molecule has 0 spiro atoms. The van der Waals surface area contributed by atoms with Crippen molar-refractivity contribution in [2.45, 2.75) is 32.3 Å². The third kappa shape index (κ3) is 3.97. The zero-order chi connectivity index (χ0) is 16.1. The summed E-state index contributed by atoms with van der Waals surface area (Å²) in [5.41, 5.74) is 1.67. The van der Waals surface area contributed by atoms with Crippen LogP contribution in [0.4, 0.5) is 0 Å². The molecule has 0 fully saturated rings. The van der Waals surface area contributed by atoms with Gasteiger partial charge < -0.3 is 14.2 Å². The van der Waals surface area contributed by atoms with E-state index in [0.717, 1.165) is 24.1 Å². The molecule has 1 aromatic heterocycles. The summed E-state index contributed by atoms with van der Waals surface area (Å²) in [6, 6.07) is 11.8. The smallest absolute Gasteiger partial charge is 0.352 e. The van der Waals surface area contributed by atoms with E-state index >= 15 is 0 Å². The second-order valence-electron chi connectivity index (χ2n) is 5.46. The van der Waals surface area contributed by atoms with Crippen LogP contribution in [-0.4, -0.2) is 29.4 Å². The summed E-state index contributed by atoms with van der Waals surface area (Å²) in [4.78, 5) is 15.8. The number of aryl methyl sites for hydroxylation is 1. The Labute approximate surface area is 134 Å². The topological polar surface area (TPSA) is 62.6 Å². The predicted molar refractivity (Wildman–Crippen MR) is 84.3 cm³/mol. The molecule has 6 heteroatoms. The van der Waals surface area contributed by atoms with E-state index in [0.29, 0.717) is 19.1 Å². The van der Waals surface area contributed by atoms with Gasteiger partial charge in [0.25, 0.3) is 0 Å². The second kappa shape index (κ2) is 7.39. The minimum absolute atomic E-state index is 0.0380. The van der Waals surface area contributed by atoms with Gasteiger partial charge in [-0.15, -0.1) is 0 Å². The molecule has 1 aromatic carbocycles. The molecule has 1 atom stereocenters. The first-order valence-electron chi connectivity index (χ1n) is 7.64. The molecule has 0 N–H and O–H groups in total. The molecule has 23 heavy (non-hydrogen) atoms. The van der Waals surface area contributed by atoms with Gasteiger partial charge in [-0.05, 0) is 18.4 Å². The first kappa shape index (κ1) is 15.7. The second-order valence-corrected chi connectivity index (χ2v) is 5.46. The Balaban J connectivity index is 1.57. The summed E-state index contributed by atoms with van der Waals surface area (Å²) in [6.07, 6.45) is 1.48. The van der Waals surface area contributed by atoms with Gasteiger partial charge in [0, 0.05) is 11.8 Å². The standard InChI is InChI=1S/C17H20N2O4/c1-21-16-9-14-7-8-15(23-12-19(14)17(20)18-16)11-22-10-13-5-3-2-4-6-13/h2-6,9,15H,7-8,10-12H2,1H3. The number of hydrogen-bond donors (Lipinski definition) is 0. The van der Waals surface area contributed by atoms with E-state index in [1.165, 1.54) is 7.11 Å². The number of rotatable bonds is 5. The Morgan fingerprint density at radius 1 is 1.35 bits per heavy atom. The third-order valence-corrected chi connectivity index (χ3v) is 3.86. The summed E-state index contributed by atoms with van der Waals surface area (Å²) in [7, 11) is 1.51. The van der Waals surface area contributed by atoms with Crippen LogP contribution in [0, 0.1) is 0 Å². The highest BCUT2D eigenvalue weighted by Gasteiger charge is 2.19. The number of hydrogen-bond acceptors (Lipinski definition) is 5. The monoisotopic (exact) mass is 316 g/mol. The van der Waals surface area contributed by atoms with Crippen LogP contribution in [0.25, 0.3) is 0 Å². The van der Waals surface area contributed by atoms with Crippen LogP contribution < -0.4 is 10.4 Å². The Bertz CT molecular complexity index is 699. The number of benzene rings is 1. The van der Waals surface area contributed by atoms with Crippen molar-refractivity contribution < 1.29 is 14.2 Å². The molecular formula is C17H20N2O4. The highest BCUT2D eigenvalue weighted by atomic mass is 16.5. The lowest BCUT2D eigenvalue weighted by molar-refractivity contribution is -0.0470. The van der Waals surface area contributed by atoms with Gasteiger partial charge in [0.15, 0.2) is 0 Å². The van der Waals surface area contributed by atoms with Crippen LogP contribution in [0.2, 0.25) is 0 Å². The largest absolute Gasteiger partial charge is 0.481 e. The fourth-order valence-electron chi connectivity index (χ4n) is 2.57. The van der Waals surface area contributed by atoms with Crippen LogP contribution >= 0.6 is 0 Å². The van der Waals surface area contributed by atoms with Crippen molar-refractivity contribution in [2.24, 2.45) is 0 Å². The summed E-state index contributed by atoms with van der Waals surface area (Å²) in [5.74, 6) is 0.347. The number of aromatic nitrogens is 2. The van der Waals surface area contributed by atoms with E-state index in [1.54, 1.807) is 10.6 Å². The molecule has 2 heterocycles. The lowest BCUT2D eigenvalue weighted by atomic mass is 10.1. The van der Waals surface area contributed by atoms with E-state index in [9.17, 15) is 4.79 Å². The Hall–Kier alpha value is -2.18. The summed E-state index contributed by atoms with van der Waals surface area (Å²) >= 11 is 0. The van der Waals surface area contributed by atoms with Crippen molar-refractivity contribution in [3.05, 3.63) is 58.1 Å². The van der Waals surface area contributed by atoms with E-state index in [4.69, 9.17) is 14.2 Å². The molecule has 6 nitrogen and oxygen atoms in total. The van der Waals surface area contributed by atoms with Crippen LogP contribution in [-0.2, 0) is 29.2 Å². The molecule has 1 aliphatic rings. The third-order valence-electron chi connectivity index (χ3n) is 3.86. The highest BCUT2D eigenvalue weighted by Crippen LogP contribution is 2.16. The normalized spacial score (nSPS) is 17.3. The van der Waals surface area contributed by atoms with Crippen molar-refractivity contribution in [2.75, 3.05) is 13.7 Å². The van der Waals surface area contributed by atoms with Gasteiger partial charge in [0.05, 0.1) is 26.4 Å². The maximum atomic E-state index is 12.0. The highest BCUT2D eigenvalue weighted by molar-refractivity contribution is 5.16. The van der Waals surface area contributed by atoms with Crippen molar-refractivity contribution in [1.29, 1.82) is 0 Å². The molecule has 1 aliphatic heterocycles. The van der Waals surface area contributed by atoms with Gasteiger partial charge in [-0.1, -0.05) is 30.3 Å². The maximum absolute atomic E-state index is 12.0. The molecule has 0 aliphatic carbocycles. The fourth-order valence-corrected chi connectivity index (χ4v) is 2.57. The van der Waals surface area contributed by atoms with E-state index in [2.05, 4.69) is 4.98 Å². The summed E-state index contributed by atoms with van der Waals surface area (Å²) < 4.78 is 18.1. The number of ether oxygens (including phenoxy) is 3. The first-order valence-corrected chi connectivity index (χ1v) is 7.64. The number of nitrogens with zero attached hydrogens (tertiary/aromatic N) is 2. The summed E-state index contributed by atoms with van der Waals surface area (Å²) in [6.45, 7) is 1.26. The Morgan fingerprint density at radius 3 is 2.96 bits per heavy atom. The van der Waals surface area contributed by atoms with Gasteiger partial charge in [-0.25, -0.2) is 4.79 Å². The van der Waals surface area contributed by atoms with Crippen LogP contribution in [0.3, 0.4) is 0 Å². The molecule has 2 aromatic rings. The first-order chi connectivity index (χ1) is 11.3. The van der Waals surface area contributed by atoms with Gasteiger partial charge in [0.2, 0.25) is 5.88 Å². The molecule has 122 valence electrons. The van der Waals surface area contributed by atoms with Crippen LogP contribution in [0.5, 0.6) is 5.88 Å². The lowest BCUT2D eigenvalue weighted by Gasteiger charge is -2.15.